The normalized spacial score (nSPS) is 12.1. The van der Waals surface area contributed by atoms with Gasteiger partial charge in [0, 0.05) is 0 Å². The molecular formula is C12H16O5S. The number of rotatable bonds is 7. The summed E-state index contributed by atoms with van der Waals surface area (Å²) in [6.45, 7) is 3.83. The first-order chi connectivity index (χ1) is 8.60. The van der Waals surface area contributed by atoms with E-state index in [4.69, 9.17) is 14.3 Å². The fourth-order valence-corrected chi connectivity index (χ4v) is 2.34. The molecule has 1 unspecified atom stereocenters. The molecule has 0 aromatic carbocycles. The zero-order chi connectivity index (χ0) is 13.5. The Kier molecular flexibility index (Phi) is 5.77. The molecule has 0 radical (unpaired) electrons. The zero-order valence-electron chi connectivity index (χ0n) is 10.3. The molecule has 0 aliphatic heterocycles. The molecule has 0 amide bonds. The molecule has 0 aliphatic rings. The van der Waals surface area contributed by atoms with E-state index >= 15 is 0 Å². The van der Waals surface area contributed by atoms with E-state index in [1.54, 1.807) is 13.8 Å². The summed E-state index contributed by atoms with van der Waals surface area (Å²) in [5, 5.41) is 8.43. The van der Waals surface area contributed by atoms with Crippen LogP contribution in [0.1, 0.15) is 36.4 Å². The van der Waals surface area contributed by atoms with Gasteiger partial charge in [0.05, 0.1) is 18.6 Å². The summed E-state index contributed by atoms with van der Waals surface area (Å²) in [6, 6.07) is 1.54. The van der Waals surface area contributed by atoms with Crippen LogP contribution in [0.3, 0.4) is 0 Å². The van der Waals surface area contributed by atoms with Gasteiger partial charge in [-0.2, -0.15) is 0 Å². The molecule has 1 N–H and O–H groups in total. The van der Waals surface area contributed by atoms with Crippen molar-refractivity contribution in [1.82, 2.24) is 0 Å². The van der Waals surface area contributed by atoms with Crippen molar-refractivity contribution in [3.63, 3.8) is 0 Å². The largest absolute Gasteiger partial charge is 0.480 e. The van der Waals surface area contributed by atoms with Crippen molar-refractivity contribution >= 4 is 23.7 Å². The topological polar surface area (TPSA) is 76.7 Å². The minimum atomic E-state index is -0.855. The van der Waals surface area contributed by atoms with Crippen molar-refractivity contribution in [1.29, 1.82) is 0 Å². The fourth-order valence-electron chi connectivity index (χ4n) is 1.38. The van der Waals surface area contributed by atoms with Crippen molar-refractivity contribution in [3.8, 4) is 0 Å². The van der Waals surface area contributed by atoms with E-state index in [1.165, 1.54) is 24.1 Å². The molecule has 0 saturated heterocycles. The standard InChI is InChI=1S/C12H16O5S/c1-3-10(11(13)14)18-7-9-8(5-6-17-9)12(15)16-4-2/h5-6,10H,3-4,7H2,1-2H3,(H,13,14). The van der Waals surface area contributed by atoms with E-state index in [9.17, 15) is 9.59 Å². The monoisotopic (exact) mass is 272 g/mol. The Morgan fingerprint density at radius 1 is 1.50 bits per heavy atom. The number of hydrogen-bond acceptors (Lipinski definition) is 5. The first kappa shape index (κ1) is 14.6. The Morgan fingerprint density at radius 2 is 2.22 bits per heavy atom. The van der Waals surface area contributed by atoms with Crippen LogP contribution in [0.15, 0.2) is 16.7 Å². The third-order valence-corrected chi connectivity index (χ3v) is 3.67. The summed E-state index contributed by atoms with van der Waals surface area (Å²) in [6.07, 6.45) is 1.93. The lowest BCUT2D eigenvalue weighted by Gasteiger charge is -2.08. The van der Waals surface area contributed by atoms with Gasteiger partial charge in [0.2, 0.25) is 0 Å². The van der Waals surface area contributed by atoms with Crippen molar-refractivity contribution in [2.24, 2.45) is 0 Å². The van der Waals surface area contributed by atoms with Gasteiger partial charge >= 0.3 is 11.9 Å². The SMILES string of the molecule is CCOC(=O)c1ccoc1CSC(CC)C(=O)O. The average molecular weight is 272 g/mol. The van der Waals surface area contributed by atoms with Crippen LogP contribution in [-0.2, 0) is 15.3 Å². The van der Waals surface area contributed by atoms with Crippen LogP contribution in [0.25, 0.3) is 0 Å². The summed E-state index contributed by atoms with van der Waals surface area (Å²) in [4.78, 5) is 22.4. The molecule has 100 valence electrons. The second kappa shape index (κ2) is 7.10. The first-order valence-electron chi connectivity index (χ1n) is 5.68. The van der Waals surface area contributed by atoms with Gasteiger partial charge in [0.1, 0.15) is 16.6 Å². The summed E-state index contributed by atoms with van der Waals surface area (Å²) in [5.41, 5.74) is 0.365. The van der Waals surface area contributed by atoms with Crippen molar-refractivity contribution in [3.05, 3.63) is 23.7 Å². The van der Waals surface area contributed by atoms with E-state index in [1.807, 2.05) is 0 Å². The number of esters is 1. The van der Waals surface area contributed by atoms with Crippen LogP contribution in [0.5, 0.6) is 0 Å². The van der Waals surface area contributed by atoms with Crippen LogP contribution in [-0.4, -0.2) is 28.9 Å². The molecule has 5 nitrogen and oxygen atoms in total. The highest BCUT2D eigenvalue weighted by molar-refractivity contribution is 7.99. The Bertz CT molecular complexity index is 412. The van der Waals surface area contributed by atoms with Crippen LogP contribution >= 0.6 is 11.8 Å². The molecule has 0 fully saturated rings. The summed E-state index contributed by atoms with van der Waals surface area (Å²) >= 11 is 1.24. The lowest BCUT2D eigenvalue weighted by Crippen LogP contribution is -2.15. The van der Waals surface area contributed by atoms with Crippen molar-refractivity contribution < 1.29 is 23.8 Å². The highest BCUT2D eigenvalue weighted by Gasteiger charge is 2.20. The van der Waals surface area contributed by atoms with Crippen molar-refractivity contribution in [2.75, 3.05) is 6.61 Å². The highest BCUT2D eigenvalue weighted by Crippen LogP contribution is 2.23. The molecule has 0 aliphatic carbocycles. The minimum absolute atomic E-state index is 0.295. The summed E-state index contributed by atoms with van der Waals surface area (Å²) in [7, 11) is 0. The molecule has 1 aromatic rings. The van der Waals surface area contributed by atoms with E-state index in [0.717, 1.165) is 0 Å². The number of aliphatic carboxylic acids is 1. The third-order valence-electron chi connectivity index (χ3n) is 2.30. The van der Waals surface area contributed by atoms with Gasteiger partial charge in [0.25, 0.3) is 0 Å². The number of carbonyl (C=O) groups is 2. The lowest BCUT2D eigenvalue weighted by atomic mass is 10.3. The summed E-state index contributed by atoms with van der Waals surface area (Å²) < 4.78 is 10.1. The van der Waals surface area contributed by atoms with Crippen molar-refractivity contribution in [2.45, 2.75) is 31.3 Å². The Labute approximate surface area is 109 Å². The van der Waals surface area contributed by atoms with Crippen LogP contribution < -0.4 is 0 Å². The number of furan rings is 1. The molecule has 1 atom stereocenters. The molecule has 0 spiro atoms. The number of carboxylic acid groups (broad SMARTS) is 1. The average Bonchev–Trinajstić information content (AvgIpc) is 2.78. The number of ether oxygens (including phenoxy) is 1. The van der Waals surface area contributed by atoms with Gasteiger partial charge in [-0.05, 0) is 19.4 Å². The van der Waals surface area contributed by atoms with E-state index < -0.39 is 17.2 Å². The van der Waals surface area contributed by atoms with Gasteiger partial charge in [-0.1, -0.05) is 6.92 Å². The van der Waals surface area contributed by atoms with E-state index in [2.05, 4.69) is 0 Å². The predicted octanol–water partition coefficient (Wildman–Crippen LogP) is 2.55. The predicted molar refractivity (Wildman–Crippen MR) is 67.7 cm³/mol. The van der Waals surface area contributed by atoms with Gasteiger partial charge < -0.3 is 14.3 Å². The number of carbonyl (C=O) groups excluding carboxylic acids is 1. The molecule has 18 heavy (non-hydrogen) atoms. The summed E-state index contributed by atoms with van der Waals surface area (Å²) in [5.74, 6) is -0.499. The lowest BCUT2D eigenvalue weighted by molar-refractivity contribution is -0.136. The molecule has 1 heterocycles. The van der Waals surface area contributed by atoms with Gasteiger partial charge in [-0.3, -0.25) is 4.79 Å². The van der Waals surface area contributed by atoms with Gasteiger partial charge in [-0.15, -0.1) is 11.8 Å². The Balaban J connectivity index is 2.65. The fraction of sp³-hybridized carbons (Fsp3) is 0.500. The van der Waals surface area contributed by atoms with E-state index in [0.29, 0.717) is 30.1 Å². The Morgan fingerprint density at radius 3 is 2.78 bits per heavy atom. The maximum atomic E-state index is 11.6. The smallest absolute Gasteiger partial charge is 0.341 e. The van der Waals surface area contributed by atoms with Gasteiger partial charge in [0.15, 0.2) is 0 Å². The molecule has 1 aromatic heterocycles. The van der Waals surface area contributed by atoms with Crippen LogP contribution in [0.2, 0.25) is 0 Å². The Hall–Kier alpha value is -1.43. The molecular weight excluding hydrogens is 256 g/mol. The minimum Gasteiger partial charge on any atom is -0.480 e. The first-order valence-corrected chi connectivity index (χ1v) is 6.72. The van der Waals surface area contributed by atoms with Crippen LogP contribution in [0, 0.1) is 0 Å². The van der Waals surface area contributed by atoms with Crippen LogP contribution in [0.4, 0.5) is 0 Å². The maximum Gasteiger partial charge on any atom is 0.341 e. The second-order valence-corrected chi connectivity index (χ2v) is 4.72. The zero-order valence-corrected chi connectivity index (χ0v) is 11.2. The molecule has 0 bridgehead atoms. The second-order valence-electron chi connectivity index (χ2n) is 3.52. The highest BCUT2D eigenvalue weighted by atomic mass is 32.2. The van der Waals surface area contributed by atoms with E-state index in [-0.39, 0.29) is 0 Å². The third kappa shape index (κ3) is 3.80. The number of hydrogen-bond donors (Lipinski definition) is 1. The maximum absolute atomic E-state index is 11.6. The number of thioether (sulfide) groups is 1. The number of carboxylic acids is 1. The quantitative estimate of drug-likeness (QED) is 0.769. The molecule has 6 heteroatoms. The molecule has 0 saturated carbocycles. The van der Waals surface area contributed by atoms with Gasteiger partial charge in [-0.25, -0.2) is 4.79 Å². The molecule has 1 rings (SSSR count).